The van der Waals surface area contributed by atoms with Crippen LogP contribution in [0.1, 0.15) is 33.6 Å². The quantitative estimate of drug-likeness (QED) is 0.772. The summed E-state index contributed by atoms with van der Waals surface area (Å²) in [7, 11) is 1.73. The highest BCUT2D eigenvalue weighted by Crippen LogP contribution is 2.32. The standard InChI is InChI=1S/C12H20N2O4/c1-12(2,3)18-10(15)13-7-5-8-9(6-7)17-11(16)14(8)4/h7-9H,5-6H2,1-4H3,(H,13,15)/t7-,8+,9-/m1/s1. The lowest BCUT2D eigenvalue weighted by molar-refractivity contribution is 0.0499. The molecule has 3 atom stereocenters. The molecule has 2 fully saturated rings. The molecule has 1 saturated carbocycles. The Bertz CT molecular complexity index is 364. The van der Waals surface area contributed by atoms with Crippen LogP contribution in [0.4, 0.5) is 9.59 Å². The lowest BCUT2D eigenvalue weighted by atomic mass is 10.2. The van der Waals surface area contributed by atoms with Crippen molar-refractivity contribution in [3.8, 4) is 0 Å². The molecule has 0 aromatic carbocycles. The van der Waals surface area contributed by atoms with Gasteiger partial charge in [0.2, 0.25) is 0 Å². The van der Waals surface area contributed by atoms with Gasteiger partial charge in [0, 0.05) is 19.5 Å². The fourth-order valence-electron chi connectivity index (χ4n) is 2.45. The number of nitrogens with zero attached hydrogens (tertiary/aromatic N) is 1. The Morgan fingerprint density at radius 2 is 2.11 bits per heavy atom. The Balaban J connectivity index is 1.84. The number of hydrogen-bond acceptors (Lipinski definition) is 4. The van der Waals surface area contributed by atoms with Gasteiger partial charge in [-0.1, -0.05) is 0 Å². The van der Waals surface area contributed by atoms with E-state index in [9.17, 15) is 9.59 Å². The van der Waals surface area contributed by atoms with E-state index in [0.29, 0.717) is 12.8 Å². The molecule has 0 bridgehead atoms. The van der Waals surface area contributed by atoms with Gasteiger partial charge in [-0.2, -0.15) is 0 Å². The molecule has 0 unspecified atom stereocenters. The number of hydrogen-bond donors (Lipinski definition) is 1. The summed E-state index contributed by atoms with van der Waals surface area (Å²) in [5.41, 5.74) is -0.498. The summed E-state index contributed by atoms with van der Waals surface area (Å²) in [4.78, 5) is 24.5. The monoisotopic (exact) mass is 256 g/mol. The van der Waals surface area contributed by atoms with E-state index < -0.39 is 11.7 Å². The third-order valence-electron chi connectivity index (χ3n) is 3.23. The summed E-state index contributed by atoms with van der Waals surface area (Å²) in [6, 6.07) is 0.0721. The van der Waals surface area contributed by atoms with Gasteiger partial charge < -0.3 is 19.7 Å². The molecule has 2 amide bonds. The summed E-state index contributed by atoms with van der Waals surface area (Å²) in [6.45, 7) is 5.47. The molecule has 2 aliphatic rings. The fourth-order valence-corrected chi connectivity index (χ4v) is 2.45. The second-order valence-corrected chi connectivity index (χ2v) is 5.92. The molecule has 0 aromatic rings. The van der Waals surface area contributed by atoms with Crippen LogP contribution in [0.25, 0.3) is 0 Å². The maximum absolute atomic E-state index is 11.6. The van der Waals surface area contributed by atoms with Crippen LogP contribution in [0.2, 0.25) is 0 Å². The third kappa shape index (κ3) is 2.68. The second kappa shape index (κ2) is 4.33. The van der Waals surface area contributed by atoms with Crippen molar-refractivity contribution in [2.24, 2.45) is 0 Å². The summed E-state index contributed by atoms with van der Waals surface area (Å²) >= 11 is 0. The van der Waals surface area contributed by atoms with Gasteiger partial charge in [-0.25, -0.2) is 9.59 Å². The minimum atomic E-state index is -0.498. The van der Waals surface area contributed by atoms with Crippen LogP contribution in [0.3, 0.4) is 0 Å². The van der Waals surface area contributed by atoms with Crippen molar-refractivity contribution in [3.05, 3.63) is 0 Å². The van der Waals surface area contributed by atoms with Crippen molar-refractivity contribution < 1.29 is 19.1 Å². The van der Waals surface area contributed by atoms with Crippen LogP contribution >= 0.6 is 0 Å². The van der Waals surface area contributed by atoms with Crippen molar-refractivity contribution in [1.82, 2.24) is 10.2 Å². The number of carbonyl (C=O) groups excluding carboxylic acids is 2. The molecular weight excluding hydrogens is 236 g/mol. The van der Waals surface area contributed by atoms with Gasteiger partial charge >= 0.3 is 12.2 Å². The fraction of sp³-hybridized carbons (Fsp3) is 0.833. The van der Waals surface area contributed by atoms with Crippen LogP contribution < -0.4 is 5.32 Å². The maximum atomic E-state index is 11.6. The van der Waals surface area contributed by atoms with E-state index in [1.54, 1.807) is 11.9 Å². The smallest absolute Gasteiger partial charge is 0.410 e. The molecule has 0 radical (unpaired) electrons. The minimum absolute atomic E-state index is 0.00500. The van der Waals surface area contributed by atoms with Crippen LogP contribution in [-0.2, 0) is 9.47 Å². The van der Waals surface area contributed by atoms with Gasteiger partial charge in [0.05, 0.1) is 6.04 Å². The first-order valence-corrected chi connectivity index (χ1v) is 6.19. The first-order chi connectivity index (χ1) is 8.26. The molecule has 0 aromatic heterocycles. The number of nitrogens with one attached hydrogen (secondary N) is 1. The van der Waals surface area contributed by atoms with Crippen molar-refractivity contribution in [3.63, 3.8) is 0 Å². The van der Waals surface area contributed by atoms with E-state index in [2.05, 4.69) is 5.32 Å². The summed E-state index contributed by atoms with van der Waals surface area (Å²) < 4.78 is 10.4. The second-order valence-electron chi connectivity index (χ2n) is 5.92. The van der Waals surface area contributed by atoms with E-state index in [0.717, 1.165) is 0 Å². The number of rotatable bonds is 1. The predicted molar refractivity (Wildman–Crippen MR) is 64.2 cm³/mol. The van der Waals surface area contributed by atoms with Crippen LogP contribution in [0, 0.1) is 0 Å². The Morgan fingerprint density at radius 1 is 1.44 bits per heavy atom. The SMILES string of the molecule is CN1C(=O)O[C@@H]2C[C@H](NC(=O)OC(C)(C)C)C[C@@H]21. The first-order valence-electron chi connectivity index (χ1n) is 6.19. The van der Waals surface area contributed by atoms with E-state index in [1.807, 2.05) is 20.8 Å². The van der Waals surface area contributed by atoms with Gasteiger partial charge in [0.1, 0.15) is 11.7 Å². The average Bonchev–Trinajstić information content (AvgIpc) is 2.65. The van der Waals surface area contributed by atoms with Crippen molar-refractivity contribution in [2.75, 3.05) is 7.05 Å². The van der Waals surface area contributed by atoms with Gasteiger partial charge in [0.25, 0.3) is 0 Å². The average molecular weight is 256 g/mol. The van der Waals surface area contributed by atoms with Gasteiger partial charge in [-0.05, 0) is 27.2 Å². The molecule has 2 rings (SSSR count). The highest BCUT2D eigenvalue weighted by molar-refractivity contribution is 5.71. The first kappa shape index (κ1) is 13.0. The Kier molecular flexibility index (Phi) is 3.12. The predicted octanol–water partition coefficient (Wildman–Crippen LogP) is 1.49. The maximum Gasteiger partial charge on any atom is 0.410 e. The van der Waals surface area contributed by atoms with Gasteiger partial charge in [0.15, 0.2) is 0 Å². The molecule has 6 nitrogen and oxygen atoms in total. The van der Waals surface area contributed by atoms with Crippen LogP contribution in [-0.4, -0.2) is 47.9 Å². The number of likely N-dealkylation sites (N-methyl/N-ethyl adjacent to an activating group) is 1. The van der Waals surface area contributed by atoms with Crippen LogP contribution in [0.5, 0.6) is 0 Å². The van der Waals surface area contributed by atoms with E-state index in [4.69, 9.17) is 9.47 Å². The van der Waals surface area contributed by atoms with E-state index in [-0.39, 0.29) is 24.3 Å². The van der Waals surface area contributed by atoms with E-state index in [1.165, 1.54) is 0 Å². The van der Waals surface area contributed by atoms with Crippen molar-refractivity contribution >= 4 is 12.2 Å². The Hall–Kier alpha value is -1.46. The molecule has 1 heterocycles. The molecule has 1 aliphatic heterocycles. The lowest BCUT2D eigenvalue weighted by Crippen LogP contribution is -2.39. The molecule has 1 saturated heterocycles. The van der Waals surface area contributed by atoms with Crippen LogP contribution in [0.15, 0.2) is 0 Å². The topological polar surface area (TPSA) is 67.9 Å². The van der Waals surface area contributed by atoms with E-state index >= 15 is 0 Å². The minimum Gasteiger partial charge on any atom is -0.444 e. The molecule has 6 heteroatoms. The summed E-state index contributed by atoms with van der Waals surface area (Å²) in [5, 5.41) is 2.82. The molecule has 0 spiro atoms. The molecule has 1 aliphatic carbocycles. The lowest BCUT2D eigenvalue weighted by Gasteiger charge is -2.22. The van der Waals surface area contributed by atoms with Crippen molar-refractivity contribution in [1.29, 1.82) is 0 Å². The highest BCUT2D eigenvalue weighted by atomic mass is 16.6. The number of ether oxygens (including phenoxy) is 2. The normalized spacial score (nSPS) is 31.0. The molecular formula is C12H20N2O4. The van der Waals surface area contributed by atoms with Gasteiger partial charge in [-0.15, -0.1) is 0 Å². The Labute approximate surface area is 107 Å². The Morgan fingerprint density at radius 3 is 2.67 bits per heavy atom. The number of amides is 2. The zero-order valence-corrected chi connectivity index (χ0v) is 11.2. The number of carbonyl (C=O) groups is 2. The highest BCUT2D eigenvalue weighted by Gasteiger charge is 2.47. The molecule has 102 valence electrons. The third-order valence-corrected chi connectivity index (χ3v) is 3.23. The zero-order valence-electron chi connectivity index (χ0n) is 11.2. The summed E-state index contributed by atoms with van der Waals surface area (Å²) in [6.07, 6.45) is 0.566. The van der Waals surface area contributed by atoms with Crippen molar-refractivity contribution in [2.45, 2.75) is 57.4 Å². The number of alkyl carbamates (subject to hydrolysis) is 1. The number of fused-ring (bicyclic) bond motifs is 1. The zero-order chi connectivity index (χ0) is 13.5. The van der Waals surface area contributed by atoms with Gasteiger partial charge in [-0.3, -0.25) is 0 Å². The molecule has 18 heavy (non-hydrogen) atoms. The largest absolute Gasteiger partial charge is 0.444 e. The summed E-state index contributed by atoms with van der Waals surface area (Å²) in [5.74, 6) is 0. The molecule has 1 N–H and O–H groups in total.